The van der Waals surface area contributed by atoms with Gasteiger partial charge in [-0.3, -0.25) is 4.98 Å². The van der Waals surface area contributed by atoms with Gasteiger partial charge in [0.05, 0.1) is 16.0 Å². The van der Waals surface area contributed by atoms with Gasteiger partial charge in [0.1, 0.15) is 5.69 Å². The number of rotatable bonds is 2. The molecule has 0 amide bonds. The summed E-state index contributed by atoms with van der Waals surface area (Å²) in [5.41, 5.74) is 11.4. The van der Waals surface area contributed by atoms with Crippen LogP contribution in [0.4, 0.5) is 5.88 Å². The molecule has 3 aromatic rings. The van der Waals surface area contributed by atoms with Crippen LogP contribution in [0.1, 0.15) is 5.56 Å². The van der Waals surface area contributed by atoms with Gasteiger partial charge in [0, 0.05) is 6.20 Å². The van der Waals surface area contributed by atoms with E-state index in [-0.39, 0.29) is 0 Å². The largest absolute Gasteiger partial charge is 0.367 e. The third-order valence-corrected chi connectivity index (χ3v) is 3.47. The minimum absolute atomic E-state index is 0.337. The Kier molecular flexibility index (Phi) is 2.60. The Morgan fingerprint density at radius 3 is 2.94 bits per heavy atom. The highest BCUT2D eigenvalue weighted by atomic mass is 32.1. The summed E-state index contributed by atoms with van der Waals surface area (Å²) >= 11 is 1.51. The van der Waals surface area contributed by atoms with Crippen molar-refractivity contribution >= 4 is 17.2 Å². The molecule has 2 heterocycles. The summed E-state index contributed by atoms with van der Waals surface area (Å²) in [5.74, 6) is 0.337. The van der Waals surface area contributed by atoms with Gasteiger partial charge >= 0.3 is 0 Å². The van der Waals surface area contributed by atoms with Crippen molar-refractivity contribution < 1.29 is 4.52 Å². The smallest absolute Gasteiger partial charge is 0.230 e. The molecule has 0 saturated heterocycles. The van der Waals surface area contributed by atoms with Gasteiger partial charge in [-0.15, -0.1) is 11.3 Å². The van der Waals surface area contributed by atoms with Crippen LogP contribution in [0.3, 0.4) is 0 Å². The lowest BCUT2D eigenvalue weighted by atomic mass is 10.0. The zero-order valence-electron chi connectivity index (χ0n) is 9.75. The van der Waals surface area contributed by atoms with E-state index < -0.39 is 0 Å². The molecule has 5 heteroatoms. The number of hydrogen-bond donors (Lipinski definition) is 1. The highest BCUT2D eigenvalue weighted by Crippen LogP contribution is 2.37. The van der Waals surface area contributed by atoms with Crippen LogP contribution in [-0.2, 0) is 0 Å². The monoisotopic (exact) mass is 257 g/mol. The predicted molar refractivity (Wildman–Crippen MR) is 72.2 cm³/mol. The van der Waals surface area contributed by atoms with E-state index in [0.29, 0.717) is 5.88 Å². The Morgan fingerprint density at radius 2 is 2.22 bits per heavy atom. The zero-order chi connectivity index (χ0) is 12.5. The third kappa shape index (κ3) is 1.78. The number of nitrogens with two attached hydrogens (primary N) is 1. The molecule has 0 unspecified atom stereocenters. The van der Waals surface area contributed by atoms with Crippen molar-refractivity contribution in [3.05, 3.63) is 41.5 Å². The Balaban J connectivity index is 2.20. The predicted octanol–water partition coefficient (Wildman–Crippen LogP) is 3.36. The normalized spacial score (nSPS) is 10.7. The number of thiazole rings is 1. The topological polar surface area (TPSA) is 64.9 Å². The van der Waals surface area contributed by atoms with Gasteiger partial charge in [0.15, 0.2) is 0 Å². The summed E-state index contributed by atoms with van der Waals surface area (Å²) in [7, 11) is 0. The molecule has 0 radical (unpaired) electrons. The molecule has 3 rings (SSSR count). The van der Waals surface area contributed by atoms with E-state index in [0.717, 1.165) is 21.7 Å². The van der Waals surface area contributed by atoms with Crippen LogP contribution >= 0.6 is 11.3 Å². The highest BCUT2D eigenvalue weighted by molar-refractivity contribution is 7.13. The second-order valence-corrected chi connectivity index (χ2v) is 4.89. The summed E-state index contributed by atoms with van der Waals surface area (Å²) in [4.78, 5) is 5.01. The molecule has 0 atom stereocenters. The van der Waals surface area contributed by atoms with Crippen molar-refractivity contribution in [3.8, 4) is 21.7 Å². The number of anilines is 1. The van der Waals surface area contributed by atoms with Crippen molar-refractivity contribution in [1.29, 1.82) is 0 Å². The van der Waals surface area contributed by atoms with E-state index >= 15 is 0 Å². The first-order valence-electron chi connectivity index (χ1n) is 5.47. The lowest BCUT2D eigenvalue weighted by Crippen LogP contribution is -1.87. The van der Waals surface area contributed by atoms with Gasteiger partial charge in [0.2, 0.25) is 5.88 Å². The average Bonchev–Trinajstić information content (AvgIpc) is 2.97. The minimum atomic E-state index is 0.337. The molecule has 0 aliphatic carbocycles. The van der Waals surface area contributed by atoms with Crippen LogP contribution < -0.4 is 5.73 Å². The van der Waals surface area contributed by atoms with Crippen LogP contribution in [0.25, 0.3) is 21.7 Å². The van der Waals surface area contributed by atoms with E-state index in [4.69, 9.17) is 10.3 Å². The van der Waals surface area contributed by atoms with Crippen LogP contribution in [0, 0.1) is 6.92 Å². The summed E-state index contributed by atoms with van der Waals surface area (Å²) in [6, 6.07) is 8.10. The molecule has 2 N–H and O–H groups in total. The number of hydrogen-bond acceptors (Lipinski definition) is 5. The number of aryl methyl sites for hydroxylation is 1. The van der Waals surface area contributed by atoms with E-state index in [2.05, 4.69) is 16.2 Å². The molecule has 0 aliphatic rings. The van der Waals surface area contributed by atoms with E-state index in [1.807, 2.05) is 25.1 Å². The maximum absolute atomic E-state index is 5.88. The SMILES string of the molecule is Cc1cccc(-c2c(-c3cncs3)noc2N)c1. The van der Waals surface area contributed by atoms with E-state index in [1.165, 1.54) is 16.9 Å². The Labute approximate surface area is 108 Å². The molecule has 4 nitrogen and oxygen atoms in total. The lowest BCUT2D eigenvalue weighted by Gasteiger charge is -2.02. The van der Waals surface area contributed by atoms with Gasteiger partial charge in [-0.1, -0.05) is 35.0 Å². The Morgan fingerprint density at radius 1 is 1.33 bits per heavy atom. The highest BCUT2D eigenvalue weighted by Gasteiger charge is 2.18. The maximum atomic E-state index is 5.88. The first-order valence-corrected chi connectivity index (χ1v) is 6.34. The molecule has 2 aromatic heterocycles. The molecular formula is C13H11N3OS. The summed E-state index contributed by atoms with van der Waals surface area (Å²) in [6.07, 6.45) is 1.77. The van der Waals surface area contributed by atoms with E-state index in [1.54, 1.807) is 11.7 Å². The first kappa shape index (κ1) is 11.0. The molecule has 1 aromatic carbocycles. The maximum Gasteiger partial charge on any atom is 0.230 e. The zero-order valence-corrected chi connectivity index (χ0v) is 10.6. The number of nitrogen functional groups attached to an aromatic ring is 1. The molecule has 0 aliphatic heterocycles. The van der Waals surface area contributed by atoms with Crippen molar-refractivity contribution in [2.45, 2.75) is 6.92 Å². The van der Waals surface area contributed by atoms with Crippen LogP contribution in [0.2, 0.25) is 0 Å². The van der Waals surface area contributed by atoms with Gasteiger partial charge in [-0.2, -0.15) is 0 Å². The van der Waals surface area contributed by atoms with Crippen molar-refractivity contribution in [2.24, 2.45) is 0 Å². The van der Waals surface area contributed by atoms with Crippen molar-refractivity contribution in [1.82, 2.24) is 10.1 Å². The molecule has 90 valence electrons. The molecule has 0 fully saturated rings. The standard InChI is InChI=1S/C13H11N3OS/c1-8-3-2-4-9(5-8)11-12(16-17-13(11)14)10-6-15-7-18-10/h2-7H,14H2,1H3. The van der Waals surface area contributed by atoms with Crippen molar-refractivity contribution in [2.75, 3.05) is 5.73 Å². The quantitative estimate of drug-likeness (QED) is 0.764. The average molecular weight is 257 g/mol. The van der Waals surface area contributed by atoms with Crippen LogP contribution in [-0.4, -0.2) is 10.1 Å². The fraction of sp³-hybridized carbons (Fsp3) is 0.0769. The summed E-state index contributed by atoms with van der Waals surface area (Å²) < 4.78 is 5.12. The van der Waals surface area contributed by atoms with Gasteiger partial charge in [-0.25, -0.2) is 0 Å². The third-order valence-electron chi connectivity index (χ3n) is 2.69. The summed E-state index contributed by atoms with van der Waals surface area (Å²) in [6.45, 7) is 2.04. The fourth-order valence-corrected chi connectivity index (χ4v) is 2.49. The second-order valence-electron chi connectivity index (χ2n) is 4.01. The number of aromatic nitrogens is 2. The van der Waals surface area contributed by atoms with Gasteiger partial charge < -0.3 is 10.3 Å². The number of nitrogens with zero attached hydrogens (tertiary/aromatic N) is 2. The minimum Gasteiger partial charge on any atom is -0.367 e. The molecule has 0 bridgehead atoms. The Hall–Kier alpha value is -2.14. The molecule has 18 heavy (non-hydrogen) atoms. The van der Waals surface area contributed by atoms with E-state index in [9.17, 15) is 0 Å². The Bertz CT molecular complexity index is 673. The van der Waals surface area contributed by atoms with Crippen LogP contribution in [0.15, 0.2) is 40.5 Å². The molecule has 0 spiro atoms. The molecule has 0 saturated carbocycles. The number of benzene rings is 1. The first-order chi connectivity index (χ1) is 8.75. The lowest BCUT2D eigenvalue weighted by molar-refractivity contribution is 0.439. The molecular weight excluding hydrogens is 246 g/mol. The van der Waals surface area contributed by atoms with Gasteiger partial charge in [0.25, 0.3) is 0 Å². The summed E-state index contributed by atoms with van der Waals surface area (Å²) in [5, 5.41) is 4.03. The van der Waals surface area contributed by atoms with Crippen LogP contribution in [0.5, 0.6) is 0 Å². The van der Waals surface area contributed by atoms with Crippen molar-refractivity contribution in [3.63, 3.8) is 0 Å². The fourth-order valence-electron chi connectivity index (χ4n) is 1.88. The second kappa shape index (κ2) is 4.27. The van der Waals surface area contributed by atoms with Gasteiger partial charge in [-0.05, 0) is 12.5 Å².